The maximum atomic E-state index is 10.1. The van der Waals surface area contributed by atoms with E-state index < -0.39 is 12.1 Å². The molecule has 0 saturated carbocycles. The van der Waals surface area contributed by atoms with Gasteiger partial charge in [-0.05, 0) is 18.9 Å². The van der Waals surface area contributed by atoms with Crippen LogP contribution in [0.2, 0.25) is 0 Å². The van der Waals surface area contributed by atoms with Crippen molar-refractivity contribution >= 4 is 0 Å². The summed E-state index contributed by atoms with van der Waals surface area (Å²) in [4.78, 5) is 1.40. The molecule has 1 aromatic carbocycles. The van der Waals surface area contributed by atoms with E-state index in [4.69, 9.17) is 16.2 Å². The van der Waals surface area contributed by atoms with E-state index in [0.29, 0.717) is 26.1 Å². The summed E-state index contributed by atoms with van der Waals surface area (Å²) in [7, 11) is 0. The Morgan fingerprint density at radius 1 is 1.35 bits per heavy atom. The number of nitrogens with two attached hydrogens (primary N) is 2. The topological polar surface area (TPSA) is 105 Å². The monoisotopic (exact) mass is 283 g/mol. The van der Waals surface area contributed by atoms with Gasteiger partial charge in [0.05, 0.1) is 13.2 Å². The smallest absolute Gasteiger partial charge is 0.170 e. The average Bonchev–Trinajstić information content (AvgIpc) is 2.39. The van der Waals surface area contributed by atoms with E-state index in [2.05, 4.69) is 0 Å². The Kier molecular flexibility index (Phi) is 7.08. The fraction of sp³-hybridized carbons (Fsp3) is 0.571. The van der Waals surface area contributed by atoms with Gasteiger partial charge >= 0.3 is 0 Å². The van der Waals surface area contributed by atoms with Gasteiger partial charge in [-0.3, -0.25) is 5.73 Å². The van der Waals surface area contributed by atoms with Crippen molar-refractivity contribution in [1.29, 1.82) is 0 Å². The van der Waals surface area contributed by atoms with Crippen LogP contribution in [0.5, 0.6) is 0 Å². The molecule has 2 atom stereocenters. The lowest BCUT2D eigenvalue weighted by Crippen LogP contribution is -2.59. The molecule has 0 radical (unpaired) electrons. The molecular weight excluding hydrogens is 258 g/mol. The number of hydrogen-bond acceptors (Lipinski definition) is 6. The van der Waals surface area contributed by atoms with Crippen molar-refractivity contribution in [2.45, 2.75) is 25.4 Å². The molecule has 1 aromatic rings. The van der Waals surface area contributed by atoms with Crippen molar-refractivity contribution in [3.63, 3.8) is 0 Å². The number of hydrogen-bond donors (Lipinski definition) is 4. The minimum atomic E-state index is -1.61. The summed E-state index contributed by atoms with van der Waals surface area (Å²) < 4.78 is 5.19. The summed E-state index contributed by atoms with van der Waals surface area (Å²) in [5, 5.41) is 20.0. The van der Waals surface area contributed by atoms with E-state index in [0.717, 1.165) is 5.56 Å². The highest BCUT2D eigenvalue weighted by molar-refractivity contribution is 5.14. The second-order valence-electron chi connectivity index (χ2n) is 4.87. The number of rotatable bonds is 9. The van der Waals surface area contributed by atoms with Crippen LogP contribution in [-0.2, 0) is 11.2 Å². The zero-order valence-electron chi connectivity index (χ0n) is 11.9. The van der Waals surface area contributed by atoms with E-state index in [9.17, 15) is 10.2 Å². The molecule has 0 amide bonds. The van der Waals surface area contributed by atoms with Gasteiger partial charge in [-0.1, -0.05) is 30.3 Å². The minimum absolute atomic E-state index is 0.0549. The molecule has 2 unspecified atom stereocenters. The van der Waals surface area contributed by atoms with Crippen molar-refractivity contribution in [3.8, 4) is 0 Å². The Labute approximate surface area is 119 Å². The molecule has 6 nitrogen and oxygen atoms in total. The summed E-state index contributed by atoms with van der Waals surface area (Å²) in [6.07, 6.45) is -0.312. The molecule has 6 heteroatoms. The largest absolute Gasteiger partial charge is 0.376 e. The first-order valence-electron chi connectivity index (χ1n) is 6.73. The predicted molar refractivity (Wildman–Crippen MR) is 77.5 cm³/mol. The van der Waals surface area contributed by atoms with Crippen LogP contribution in [0, 0.1) is 0 Å². The summed E-state index contributed by atoms with van der Waals surface area (Å²) in [6.45, 7) is 2.65. The van der Waals surface area contributed by atoms with Crippen LogP contribution in [0.15, 0.2) is 30.3 Å². The molecule has 0 aliphatic carbocycles. The van der Waals surface area contributed by atoms with Crippen molar-refractivity contribution in [2.24, 2.45) is 11.5 Å². The van der Waals surface area contributed by atoms with Gasteiger partial charge in [0, 0.05) is 13.1 Å². The fourth-order valence-electron chi connectivity index (χ4n) is 1.93. The lowest BCUT2D eigenvalue weighted by molar-refractivity contribution is -0.179. The van der Waals surface area contributed by atoms with Gasteiger partial charge in [0.2, 0.25) is 0 Å². The van der Waals surface area contributed by atoms with Crippen LogP contribution in [0.3, 0.4) is 0 Å². The third-order valence-corrected chi connectivity index (χ3v) is 2.95. The Bertz CT molecular complexity index is 368. The molecule has 0 aliphatic heterocycles. The second-order valence-corrected chi connectivity index (χ2v) is 4.87. The number of aliphatic hydroxyl groups is 2. The molecule has 114 valence electrons. The first-order valence-corrected chi connectivity index (χ1v) is 6.73. The van der Waals surface area contributed by atoms with E-state index in [-0.39, 0.29) is 6.61 Å². The quantitative estimate of drug-likeness (QED) is 0.358. The lowest BCUT2D eigenvalue weighted by atomic mass is 10.1. The molecule has 0 fully saturated rings. The van der Waals surface area contributed by atoms with Crippen LogP contribution in [0.1, 0.15) is 12.5 Å². The highest BCUT2D eigenvalue weighted by Crippen LogP contribution is 2.11. The number of benzene rings is 1. The summed E-state index contributed by atoms with van der Waals surface area (Å²) in [6, 6.07) is 9.80. The van der Waals surface area contributed by atoms with Gasteiger partial charge < -0.3 is 20.7 Å². The molecule has 0 aromatic heterocycles. The van der Waals surface area contributed by atoms with Gasteiger partial charge in [0.1, 0.15) is 6.23 Å². The standard InChI is InChI=1S/C14H25N3O3/c1-14(16,19)17(13(18)11-20-10-8-15)9-7-12-5-3-2-4-6-12/h2-6,13,18-19H,7-11,15-16H2,1H3. The van der Waals surface area contributed by atoms with E-state index in [1.165, 1.54) is 11.8 Å². The maximum Gasteiger partial charge on any atom is 0.170 e. The zero-order chi connectivity index (χ0) is 15.0. The average molecular weight is 283 g/mol. The van der Waals surface area contributed by atoms with Crippen molar-refractivity contribution < 1.29 is 14.9 Å². The first-order chi connectivity index (χ1) is 9.45. The van der Waals surface area contributed by atoms with Gasteiger partial charge in [0.25, 0.3) is 0 Å². The Hall–Kier alpha value is -1.02. The van der Waals surface area contributed by atoms with Crippen molar-refractivity contribution in [3.05, 3.63) is 35.9 Å². The third-order valence-electron chi connectivity index (χ3n) is 2.95. The number of nitrogens with zero attached hydrogens (tertiary/aromatic N) is 1. The van der Waals surface area contributed by atoms with Gasteiger partial charge in [-0.2, -0.15) is 0 Å². The summed E-state index contributed by atoms with van der Waals surface area (Å²) in [5.41, 5.74) is 12.1. The molecule has 0 saturated heterocycles. The van der Waals surface area contributed by atoms with E-state index in [1.807, 2.05) is 30.3 Å². The molecule has 0 aliphatic rings. The summed E-state index contributed by atoms with van der Waals surface area (Å²) >= 11 is 0. The van der Waals surface area contributed by atoms with Crippen LogP contribution >= 0.6 is 0 Å². The molecule has 1 rings (SSSR count). The van der Waals surface area contributed by atoms with E-state index >= 15 is 0 Å². The van der Waals surface area contributed by atoms with Crippen molar-refractivity contribution in [2.75, 3.05) is 26.3 Å². The van der Waals surface area contributed by atoms with Crippen LogP contribution in [0.4, 0.5) is 0 Å². The lowest BCUT2D eigenvalue weighted by Gasteiger charge is -2.37. The minimum Gasteiger partial charge on any atom is -0.376 e. The van der Waals surface area contributed by atoms with E-state index in [1.54, 1.807) is 0 Å². The maximum absolute atomic E-state index is 10.1. The summed E-state index contributed by atoms with van der Waals surface area (Å²) in [5.74, 6) is -1.61. The van der Waals surface area contributed by atoms with Crippen molar-refractivity contribution in [1.82, 2.24) is 4.90 Å². The molecule has 0 heterocycles. The molecular formula is C14H25N3O3. The number of aliphatic hydroxyl groups excluding tert-OH is 1. The normalized spacial score (nSPS) is 16.1. The highest BCUT2D eigenvalue weighted by Gasteiger charge is 2.29. The van der Waals surface area contributed by atoms with Crippen LogP contribution in [0.25, 0.3) is 0 Å². The fourth-order valence-corrected chi connectivity index (χ4v) is 1.93. The molecule has 0 spiro atoms. The Morgan fingerprint density at radius 2 is 2.00 bits per heavy atom. The predicted octanol–water partition coefficient (Wildman–Crippen LogP) is -0.550. The Morgan fingerprint density at radius 3 is 2.55 bits per heavy atom. The first kappa shape index (κ1) is 17.0. The van der Waals surface area contributed by atoms with Gasteiger partial charge in [-0.15, -0.1) is 0 Å². The molecule has 20 heavy (non-hydrogen) atoms. The van der Waals surface area contributed by atoms with Crippen LogP contribution < -0.4 is 11.5 Å². The SMILES string of the molecule is CC(N)(O)N(CCc1ccccc1)C(O)COCCN. The number of ether oxygens (including phenoxy) is 1. The highest BCUT2D eigenvalue weighted by atomic mass is 16.5. The molecule has 0 bridgehead atoms. The zero-order valence-corrected chi connectivity index (χ0v) is 11.9. The van der Waals surface area contributed by atoms with Gasteiger partial charge in [-0.25, -0.2) is 4.90 Å². The molecule has 6 N–H and O–H groups in total. The van der Waals surface area contributed by atoms with Gasteiger partial charge in [0.15, 0.2) is 5.85 Å². The second kappa shape index (κ2) is 8.31. The Balaban J connectivity index is 2.56. The third kappa shape index (κ3) is 5.96. The van der Waals surface area contributed by atoms with Crippen LogP contribution in [-0.4, -0.2) is 53.5 Å².